The van der Waals surface area contributed by atoms with Crippen molar-refractivity contribution in [3.05, 3.63) is 172 Å². The van der Waals surface area contributed by atoms with Crippen molar-refractivity contribution in [1.29, 1.82) is 0 Å². The maximum Gasteiger partial charge on any atom is 0.407 e. The van der Waals surface area contributed by atoms with Crippen LogP contribution in [0.1, 0.15) is 105 Å². The quantitative estimate of drug-likeness (QED) is 0.0113. The summed E-state index contributed by atoms with van der Waals surface area (Å²) in [6.45, 7) is 12.7. The molecule has 1 saturated carbocycles. The molecule has 0 unspecified atom stereocenters. The molecule has 794 valence electrons. The molecule has 147 heavy (non-hydrogen) atoms. The number of carbonyl (C=O) groups is 9. The zero-order valence-corrected chi connectivity index (χ0v) is 83.8. The number of fused-ring (bicyclic) bond motifs is 5. The molecule has 3 saturated heterocycles. The summed E-state index contributed by atoms with van der Waals surface area (Å²) in [6, 6.07) is 34.4. The van der Waals surface area contributed by atoms with Crippen molar-refractivity contribution in [2.45, 2.75) is 112 Å². The first-order valence-corrected chi connectivity index (χ1v) is 49.9. The number of aromatic amines is 1. The molecule has 0 bridgehead atoms. The van der Waals surface area contributed by atoms with Gasteiger partial charge in [-0.3, -0.25) is 43.3 Å². The molecule has 5 aliphatic rings. The summed E-state index contributed by atoms with van der Waals surface area (Å²) in [5.41, 5.74) is 6.81. The van der Waals surface area contributed by atoms with Gasteiger partial charge in [-0.05, 0) is 115 Å². The molecule has 0 spiro atoms. The van der Waals surface area contributed by atoms with E-state index in [1.54, 1.807) is 44.8 Å². The van der Waals surface area contributed by atoms with Crippen molar-refractivity contribution in [2.75, 3.05) is 248 Å². The summed E-state index contributed by atoms with van der Waals surface area (Å²) in [7, 11) is 4.79. The summed E-state index contributed by atoms with van der Waals surface area (Å²) < 4.78 is 92.2. The number of rotatable bonds is 65. The minimum atomic E-state index is -1.62. The van der Waals surface area contributed by atoms with E-state index in [2.05, 4.69) is 65.4 Å². The topological polar surface area (TPSA) is 490 Å². The summed E-state index contributed by atoms with van der Waals surface area (Å²) in [4.78, 5) is 153. The second-order valence-electron chi connectivity index (χ2n) is 36.0. The highest BCUT2D eigenvalue weighted by Gasteiger charge is 2.46. The number of aliphatic carboxylic acids is 2. The fourth-order valence-electron chi connectivity index (χ4n) is 17.7. The summed E-state index contributed by atoms with van der Waals surface area (Å²) in [6.07, 6.45) is 5.24. The fourth-order valence-corrected chi connectivity index (χ4v) is 17.7. The number of methoxy groups -OCH3 is 2. The first-order valence-electron chi connectivity index (χ1n) is 49.9. The molecular formula is C105H136N14O28. The van der Waals surface area contributed by atoms with Gasteiger partial charge in [-0.2, -0.15) is 0 Å². The number of benzene rings is 5. The lowest BCUT2D eigenvalue weighted by atomic mass is 9.87. The highest BCUT2D eigenvalue weighted by Crippen LogP contribution is 2.47. The van der Waals surface area contributed by atoms with Crippen LogP contribution < -0.4 is 52.0 Å². The van der Waals surface area contributed by atoms with E-state index < -0.39 is 97.3 Å². The van der Waals surface area contributed by atoms with E-state index in [4.69, 9.17) is 85.8 Å². The van der Waals surface area contributed by atoms with Crippen molar-refractivity contribution in [1.82, 2.24) is 61.2 Å². The lowest BCUT2D eigenvalue weighted by Gasteiger charge is -2.45. The number of carboxylic acids is 2. The number of carbonyl (C=O) groups excluding carboxylic acids is 7. The van der Waals surface area contributed by atoms with Crippen molar-refractivity contribution < 1.29 is 129 Å². The van der Waals surface area contributed by atoms with Gasteiger partial charge in [0.1, 0.15) is 43.4 Å². The average Bonchev–Trinajstić information content (AvgIpc) is 1.63. The van der Waals surface area contributed by atoms with E-state index in [0.29, 0.717) is 196 Å². The van der Waals surface area contributed by atoms with Crippen molar-refractivity contribution in [2.24, 2.45) is 7.05 Å². The van der Waals surface area contributed by atoms with E-state index in [0.717, 1.165) is 95.3 Å². The van der Waals surface area contributed by atoms with Gasteiger partial charge in [-0.15, -0.1) is 0 Å². The third kappa shape index (κ3) is 33.5. The highest BCUT2D eigenvalue weighted by molar-refractivity contribution is 6.07. The van der Waals surface area contributed by atoms with Gasteiger partial charge in [-0.25, -0.2) is 24.5 Å². The van der Waals surface area contributed by atoms with E-state index >= 15 is 0 Å². The molecule has 4 fully saturated rings. The smallest absolute Gasteiger partial charge is 0.407 e. The normalized spacial score (nSPS) is 15.6. The Kier molecular flexibility index (Phi) is 44.3. The van der Waals surface area contributed by atoms with Gasteiger partial charge in [0.05, 0.1) is 215 Å². The highest BCUT2D eigenvalue weighted by atomic mass is 16.6. The Morgan fingerprint density at radius 1 is 0.571 bits per heavy atom. The average molecular weight is 2040 g/mol. The van der Waals surface area contributed by atoms with Gasteiger partial charge >= 0.3 is 24.1 Å². The van der Waals surface area contributed by atoms with Gasteiger partial charge in [0, 0.05) is 112 Å². The number of H-pyrrole nitrogens is 1. The van der Waals surface area contributed by atoms with Crippen LogP contribution in [-0.2, 0) is 117 Å². The van der Waals surface area contributed by atoms with Crippen LogP contribution in [0, 0.1) is 11.8 Å². The molecule has 3 aliphatic heterocycles. The van der Waals surface area contributed by atoms with Crippen LogP contribution in [0.4, 0.5) is 21.2 Å². The van der Waals surface area contributed by atoms with Gasteiger partial charge < -0.3 is 137 Å². The van der Waals surface area contributed by atoms with Crippen LogP contribution in [0.5, 0.6) is 5.75 Å². The molecule has 42 nitrogen and oxygen atoms in total. The molecule has 8 amide bonds. The maximum atomic E-state index is 14.3. The number of likely N-dealkylation sites (tertiary alicyclic amines) is 1. The number of piperidine rings is 2. The van der Waals surface area contributed by atoms with Gasteiger partial charge in [0.15, 0.2) is 5.60 Å². The summed E-state index contributed by atoms with van der Waals surface area (Å²) in [5.74, 6) is 0.485. The Morgan fingerprint density at radius 3 is 1.70 bits per heavy atom. The number of aryl methyl sites for hydroxylation is 1. The number of urea groups is 1. The number of pyridine rings is 1. The number of carboxylic acid groups (broad SMARTS) is 2. The Bertz CT molecular complexity index is 5720. The summed E-state index contributed by atoms with van der Waals surface area (Å²) in [5, 5.41) is 37.1. The van der Waals surface area contributed by atoms with Crippen LogP contribution in [0.25, 0.3) is 44.1 Å². The summed E-state index contributed by atoms with van der Waals surface area (Å²) >= 11 is 0. The van der Waals surface area contributed by atoms with E-state index in [1.807, 2.05) is 103 Å². The maximum absolute atomic E-state index is 14.3. The molecule has 8 aromatic rings. The second-order valence-corrected chi connectivity index (χ2v) is 36.0. The number of nitrogens with one attached hydrogen (secondary N) is 7. The molecule has 6 heterocycles. The van der Waals surface area contributed by atoms with Crippen molar-refractivity contribution in [3.63, 3.8) is 0 Å². The van der Waals surface area contributed by atoms with Crippen LogP contribution in [0.2, 0.25) is 0 Å². The molecule has 2 aliphatic carbocycles. The number of nitrogens with zero attached hydrogens (tertiary/aromatic N) is 7. The number of anilines is 2. The third-order valence-electron chi connectivity index (χ3n) is 25.7. The monoisotopic (exact) mass is 2040 g/mol. The zero-order chi connectivity index (χ0) is 104. The Hall–Kier alpha value is -12.5. The Balaban J connectivity index is 0.538. The molecule has 3 atom stereocenters. The standard InChI is InChI=1S/C105H136N14O28/c1-104(110-33-12-13-73-20-25-90(133-4)89(63-73)118-37-29-93(122)119(103(118)131)71-108-99(128)88(66-95(125)126)113-102(130)146-69-85-80-18-10-8-16-78(80)79-17-9-11-19-81(79)85)31-38-116(39-32-104)76-27-35-117(36-28-76)101-112-86-24-21-74(84-68-115(2)100(129)96-82(84)26-34-106-96)64-83(86)97(114-101)105(147-77-22-23-77,75-14-6-5-7-15-75)70-145-72-109-92(121)67-107-98(127)87(65-94(123)124)111-91(120)30-40-134-43-44-136-47-48-138-51-52-140-55-56-142-59-60-144-62-61-143-58-57-141-54-53-139-50-49-137-46-45-135-42-41-132-3/h5-11,14-21,24-26,34,63-64,68,76-77,85,87-88,106,110H,22-23,27-33,35-62,65-67,69-72H2,1-4H3,(H,107,127)(H,108,128)(H,109,121)(H,111,120)(H,113,130)(H,123,124)(H,125,126)/t87-,88-,105-/m0/s1. The van der Waals surface area contributed by atoms with Gasteiger partial charge in [0.2, 0.25) is 35.5 Å². The van der Waals surface area contributed by atoms with E-state index in [-0.39, 0.29) is 94.9 Å². The molecule has 5 aromatic carbocycles. The zero-order valence-electron chi connectivity index (χ0n) is 83.8. The van der Waals surface area contributed by atoms with Gasteiger partial charge in [0.25, 0.3) is 5.56 Å². The number of ether oxygens (including phenoxy) is 16. The molecule has 0 radical (unpaired) electrons. The lowest BCUT2D eigenvalue weighted by Crippen LogP contribution is -2.57. The van der Waals surface area contributed by atoms with Crippen LogP contribution >= 0.6 is 0 Å². The number of amides is 8. The van der Waals surface area contributed by atoms with Crippen molar-refractivity contribution in [3.8, 4) is 39.8 Å². The number of hydrogen-bond acceptors (Lipinski definition) is 31. The largest absolute Gasteiger partial charge is 0.495 e. The Labute approximate surface area is 853 Å². The molecular weight excluding hydrogens is 1910 g/mol. The van der Waals surface area contributed by atoms with E-state index in [9.17, 15) is 58.2 Å². The second kappa shape index (κ2) is 58.3. The lowest BCUT2D eigenvalue weighted by molar-refractivity contribution is -0.141. The number of hydrogen-bond donors (Lipinski definition) is 9. The Morgan fingerprint density at radius 2 is 1.13 bits per heavy atom. The minimum Gasteiger partial charge on any atom is -0.495 e. The fraction of sp³-hybridized carbons (Fsp3) is 0.524. The van der Waals surface area contributed by atoms with Crippen LogP contribution in [-0.4, -0.2) is 362 Å². The minimum absolute atomic E-state index is 0.0154. The van der Waals surface area contributed by atoms with Gasteiger partial charge in [-0.1, -0.05) is 96.8 Å². The van der Waals surface area contributed by atoms with Crippen molar-refractivity contribution >= 4 is 87.0 Å². The first-order chi connectivity index (χ1) is 71.6. The molecule has 3 aromatic heterocycles. The van der Waals surface area contributed by atoms with Crippen LogP contribution in [0.3, 0.4) is 0 Å². The van der Waals surface area contributed by atoms with E-state index in [1.165, 1.54) is 16.6 Å². The predicted octanol–water partition coefficient (Wildman–Crippen LogP) is 6.37. The first kappa shape index (κ1) is 112. The number of alkyl carbamates (subject to hydrolysis) is 1. The molecule has 9 N–H and O–H groups in total. The van der Waals surface area contributed by atoms with Crippen LogP contribution in [0.15, 0.2) is 139 Å². The third-order valence-corrected chi connectivity index (χ3v) is 25.7. The number of imide groups is 1. The number of aromatic nitrogens is 4. The molecule has 42 heteroatoms. The molecule has 13 rings (SSSR count). The SMILES string of the molecule is COCCOCCOCCOCCOCCOCCOCCOCCOCCOCCOCCOCCC(=O)N[C@@H](CC(=O)O)C(=O)NCC(=O)NCOC[C@](OC1CC1)(c1ccccc1)c1nc(N2CCC(N3CCC(C)(NCC#Cc4ccc(OC)c(N5CCC(=O)N(CNC(=O)[C@H](CC(=O)O)NC(=O)OCC6c7ccccc7-c7ccccc76)C5=O)c4)CC3)CC2)nc2ccc(-c3cn(C)c(=O)c4[nH]ccc34)cc12. The predicted molar refractivity (Wildman–Crippen MR) is 539 cm³/mol.